The summed E-state index contributed by atoms with van der Waals surface area (Å²) in [6, 6.07) is 15.1. The molecule has 0 bridgehead atoms. The van der Waals surface area contributed by atoms with Crippen LogP contribution in [0.3, 0.4) is 0 Å². The molecule has 0 saturated heterocycles. The predicted octanol–water partition coefficient (Wildman–Crippen LogP) is 4.70. The Morgan fingerprint density at radius 3 is 2.65 bits per heavy atom. The van der Waals surface area contributed by atoms with E-state index >= 15 is 0 Å². The van der Waals surface area contributed by atoms with Crippen LogP contribution in [0.5, 0.6) is 5.75 Å². The van der Waals surface area contributed by atoms with E-state index in [0.717, 1.165) is 42.3 Å². The minimum atomic E-state index is -0.599. The average Bonchev–Trinajstić information content (AvgIpc) is 3.22. The first-order valence-corrected chi connectivity index (χ1v) is 10.6. The van der Waals surface area contributed by atoms with Crippen LogP contribution in [0, 0.1) is 5.92 Å². The van der Waals surface area contributed by atoms with Crippen molar-refractivity contribution in [3.05, 3.63) is 60.0 Å². The lowest BCUT2D eigenvalue weighted by atomic mass is 9.81. The highest BCUT2D eigenvalue weighted by molar-refractivity contribution is 5.72. The number of amides is 1. The van der Waals surface area contributed by atoms with E-state index in [2.05, 4.69) is 10.5 Å². The first kappa shape index (κ1) is 21.3. The highest BCUT2D eigenvalue weighted by Crippen LogP contribution is 2.35. The van der Waals surface area contributed by atoms with E-state index in [1.54, 1.807) is 0 Å². The predicted molar refractivity (Wildman–Crippen MR) is 113 cm³/mol. The lowest BCUT2D eigenvalue weighted by molar-refractivity contribution is -0.348. The van der Waals surface area contributed by atoms with Gasteiger partial charge in [0.25, 0.3) is 5.91 Å². The second kappa shape index (κ2) is 9.91. The summed E-state index contributed by atoms with van der Waals surface area (Å²) in [5, 5.41) is 9.78. The van der Waals surface area contributed by atoms with Gasteiger partial charge in [0.2, 0.25) is 5.89 Å². The number of oxazole rings is 1. The van der Waals surface area contributed by atoms with Crippen molar-refractivity contribution in [2.45, 2.75) is 51.7 Å². The van der Waals surface area contributed by atoms with E-state index in [1.165, 1.54) is 13.3 Å². The third kappa shape index (κ3) is 5.41. The van der Waals surface area contributed by atoms with E-state index in [9.17, 15) is 10.0 Å². The Labute approximate surface area is 180 Å². The lowest BCUT2D eigenvalue weighted by Crippen LogP contribution is -2.37. The topological polar surface area (TPSA) is 97.1 Å². The maximum atomic E-state index is 11.2. The first-order chi connectivity index (χ1) is 15.1. The zero-order valence-corrected chi connectivity index (χ0v) is 17.5. The molecule has 1 saturated carbocycles. The van der Waals surface area contributed by atoms with Crippen molar-refractivity contribution in [2.75, 3.05) is 0 Å². The molecule has 4 rings (SSSR count). The molecule has 3 aromatic rings. The summed E-state index contributed by atoms with van der Waals surface area (Å²) in [4.78, 5) is 20.7. The number of nitrogens with zero attached hydrogens (tertiary/aromatic N) is 2. The third-order valence-corrected chi connectivity index (χ3v) is 5.60. The molecule has 1 heterocycles. The van der Waals surface area contributed by atoms with Gasteiger partial charge >= 0.3 is 0 Å². The Balaban J connectivity index is 1.41. The molecule has 1 atom stereocenters. The third-order valence-electron chi connectivity index (χ3n) is 5.60. The summed E-state index contributed by atoms with van der Waals surface area (Å²) in [6.07, 6.45) is 5.66. The zero-order valence-electron chi connectivity index (χ0n) is 17.5. The summed E-state index contributed by atoms with van der Waals surface area (Å²) in [6.45, 7) is 1.46. The van der Waals surface area contributed by atoms with Gasteiger partial charge in [-0.3, -0.25) is 10.0 Å². The Hall–Kier alpha value is -2.94. The molecule has 1 aliphatic carbocycles. The van der Waals surface area contributed by atoms with Gasteiger partial charge in [-0.1, -0.05) is 48.8 Å². The zero-order chi connectivity index (χ0) is 21.6. The van der Waals surface area contributed by atoms with Crippen molar-refractivity contribution >= 4 is 17.0 Å². The van der Waals surface area contributed by atoms with Crippen molar-refractivity contribution < 1.29 is 24.1 Å². The van der Waals surface area contributed by atoms with Crippen LogP contribution < -0.4 is 10.2 Å². The average molecular weight is 425 g/mol. The molecule has 1 aromatic heterocycles. The Morgan fingerprint density at radius 1 is 1.19 bits per heavy atom. The quantitative estimate of drug-likeness (QED) is 0.399. The van der Waals surface area contributed by atoms with Gasteiger partial charge in [-0.15, -0.1) is 0 Å². The molecule has 2 N–H and O–H groups in total. The standard InChI is InChI=1S/C23H27N3O5/c1-16(27)26(28)31-25-23(17-7-3-2-4-8-17)18-11-13-19(14-12-18)29-15-22-24-20-9-5-6-10-21(20)30-22/h5-6,9-14,17,23,25,28H,2-4,7-8,15H2,1H3. The number of ether oxygens (including phenoxy) is 1. The molecule has 1 fully saturated rings. The maximum absolute atomic E-state index is 11.2. The van der Waals surface area contributed by atoms with Crippen molar-refractivity contribution in [1.29, 1.82) is 0 Å². The Morgan fingerprint density at radius 2 is 1.94 bits per heavy atom. The van der Waals surface area contributed by atoms with E-state index < -0.39 is 5.91 Å². The molecule has 0 spiro atoms. The van der Waals surface area contributed by atoms with Crippen LogP contribution >= 0.6 is 0 Å². The monoisotopic (exact) mass is 425 g/mol. The lowest BCUT2D eigenvalue weighted by Gasteiger charge is -2.31. The molecule has 31 heavy (non-hydrogen) atoms. The van der Waals surface area contributed by atoms with Crippen molar-refractivity contribution in [3.8, 4) is 5.75 Å². The molecule has 1 aliphatic rings. The number of benzene rings is 2. The van der Waals surface area contributed by atoms with E-state index in [-0.39, 0.29) is 17.9 Å². The maximum Gasteiger partial charge on any atom is 0.272 e. The van der Waals surface area contributed by atoms with Crippen LogP contribution in [-0.4, -0.2) is 21.3 Å². The fourth-order valence-electron chi connectivity index (χ4n) is 3.97. The van der Waals surface area contributed by atoms with E-state index in [0.29, 0.717) is 17.6 Å². The van der Waals surface area contributed by atoms with Gasteiger partial charge < -0.3 is 9.15 Å². The minimum absolute atomic E-state index is 0.152. The van der Waals surface area contributed by atoms with Crippen LogP contribution in [0.15, 0.2) is 52.9 Å². The fourth-order valence-corrected chi connectivity index (χ4v) is 3.97. The number of aromatic nitrogens is 1. The number of nitrogens with one attached hydrogen (secondary N) is 1. The van der Waals surface area contributed by atoms with Gasteiger partial charge in [0.05, 0.1) is 6.04 Å². The minimum Gasteiger partial charge on any atom is -0.484 e. The van der Waals surface area contributed by atoms with Gasteiger partial charge in [0, 0.05) is 6.92 Å². The highest BCUT2D eigenvalue weighted by Gasteiger charge is 2.26. The number of carbonyl (C=O) groups excluding carboxylic acids is 1. The number of hydroxylamine groups is 3. The van der Waals surface area contributed by atoms with Crippen LogP contribution in [0.2, 0.25) is 0 Å². The molecule has 0 radical (unpaired) electrons. The summed E-state index contributed by atoms with van der Waals surface area (Å²) in [7, 11) is 0. The van der Waals surface area contributed by atoms with Gasteiger partial charge in [-0.25, -0.2) is 4.98 Å². The van der Waals surface area contributed by atoms with E-state index in [1.807, 2.05) is 48.5 Å². The molecular weight excluding hydrogens is 398 g/mol. The number of fused-ring (bicyclic) bond motifs is 1. The van der Waals surface area contributed by atoms with Gasteiger partial charge in [-0.05, 0) is 48.6 Å². The first-order valence-electron chi connectivity index (χ1n) is 10.6. The molecule has 8 heteroatoms. The number of hydrogen-bond acceptors (Lipinski definition) is 7. The van der Waals surface area contributed by atoms with Crippen molar-refractivity contribution in [1.82, 2.24) is 15.7 Å². The second-order valence-corrected chi connectivity index (χ2v) is 7.81. The van der Waals surface area contributed by atoms with Crippen LogP contribution in [0.1, 0.15) is 56.5 Å². The summed E-state index contributed by atoms with van der Waals surface area (Å²) in [5.41, 5.74) is 5.41. The fraction of sp³-hybridized carbons (Fsp3) is 0.391. The molecule has 1 amide bonds. The van der Waals surface area contributed by atoms with Crippen LogP contribution in [-0.2, 0) is 16.3 Å². The van der Waals surface area contributed by atoms with Crippen LogP contribution in [0.4, 0.5) is 0 Å². The van der Waals surface area contributed by atoms with Gasteiger partial charge in [0.1, 0.15) is 11.3 Å². The smallest absolute Gasteiger partial charge is 0.272 e. The summed E-state index contributed by atoms with van der Waals surface area (Å²) >= 11 is 0. The summed E-state index contributed by atoms with van der Waals surface area (Å²) in [5.74, 6) is 0.966. The van der Waals surface area contributed by atoms with Gasteiger partial charge in [0.15, 0.2) is 12.2 Å². The normalized spacial score (nSPS) is 15.7. The second-order valence-electron chi connectivity index (χ2n) is 7.81. The molecule has 1 unspecified atom stereocenters. The Kier molecular flexibility index (Phi) is 6.81. The SMILES string of the molecule is CC(=O)N(O)ONC(c1ccc(OCc2nc3ccccc3o2)cc1)C1CCCCC1. The summed E-state index contributed by atoms with van der Waals surface area (Å²) < 4.78 is 11.5. The van der Waals surface area contributed by atoms with Crippen molar-refractivity contribution in [2.24, 2.45) is 5.92 Å². The van der Waals surface area contributed by atoms with Gasteiger partial charge in [-0.2, -0.15) is 10.4 Å². The molecular formula is C23H27N3O5. The molecule has 2 aromatic carbocycles. The van der Waals surface area contributed by atoms with Crippen LogP contribution in [0.25, 0.3) is 11.1 Å². The number of rotatable bonds is 8. The largest absolute Gasteiger partial charge is 0.484 e. The number of hydrogen-bond donors (Lipinski definition) is 2. The molecule has 164 valence electrons. The molecule has 8 nitrogen and oxygen atoms in total. The highest BCUT2D eigenvalue weighted by atomic mass is 17.0. The molecule has 0 aliphatic heterocycles. The number of carbonyl (C=O) groups is 1. The number of para-hydroxylation sites is 2. The van der Waals surface area contributed by atoms with Crippen molar-refractivity contribution in [3.63, 3.8) is 0 Å². The van der Waals surface area contributed by atoms with E-state index in [4.69, 9.17) is 14.1 Å². The Bertz CT molecular complexity index is 965.